The lowest BCUT2D eigenvalue weighted by Crippen LogP contribution is -2.15. The third-order valence-corrected chi connectivity index (χ3v) is 3.91. The van der Waals surface area contributed by atoms with Gasteiger partial charge in [0.15, 0.2) is 18.2 Å². The molecular weight excluding hydrogens is 387 g/mol. The molecule has 1 heterocycles. The van der Waals surface area contributed by atoms with E-state index in [4.69, 9.17) is 27.9 Å². The Morgan fingerprint density at radius 3 is 2.62 bits per heavy atom. The second-order valence-electron chi connectivity index (χ2n) is 5.14. The number of para-hydroxylation sites is 1. The number of benzene rings is 2. The molecular formula is C17H11Cl2F2N3O2. The van der Waals surface area contributed by atoms with Crippen molar-refractivity contribution in [2.75, 3.05) is 5.32 Å². The van der Waals surface area contributed by atoms with Crippen LogP contribution in [0.5, 0.6) is 5.75 Å². The molecule has 3 aromatic rings. The van der Waals surface area contributed by atoms with E-state index in [1.807, 2.05) is 0 Å². The SMILES string of the molecule is O=C(Nc1cc(F)ccc1F)c1ccn(COc2c(Cl)cccc2Cl)n1. The fraction of sp³-hybridized carbons (Fsp3) is 0.0588. The van der Waals surface area contributed by atoms with Gasteiger partial charge in [0.1, 0.15) is 11.6 Å². The molecule has 5 nitrogen and oxygen atoms in total. The Balaban J connectivity index is 1.67. The van der Waals surface area contributed by atoms with Crippen molar-refractivity contribution in [1.29, 1.82) is 0 Å². The zero-order valence-electron chi connectivity index (χ0n) is 13.0. The minimum absolute atomic E-state index is 0.00233. The van der Waals surface area contributed by atoms with E-state index >= 15 is 0 Å². The zero-order chi connectivity index (χ0) is 18.7. The molecule has 1 N–H and O–H groups in total. The van der Waals surface area contributed by atoms with Crippen LogP contribution in [0.1, 0.15) is 10.5 Å². The normalized spacial score (nSPS) is 10.6. The summed E-state index contributed by atoms with van der Waals surface area (Å²) in [4.78, 5) is 12.1. The lowest BCUT2D eigenvalue weighted by Gasteiger charge is -2.09. The standard InChI is InChI=1S/C17H11Cl2F2N3O2/c18-11-2-1-3-12(19)16(11)26-9-24-7-6-14(23-24)17(25)22-15-8-10(20)4-5-13(15)21/h1-8H,9H2,(H,22,25). The molecule has 0 radical (unpaired) electrons. The van der Waals surface area contributed by atoms with E-state index in [1.54, 1.807) is 18.2 Å². The number of hydrogen-bond acceptors (Lipinski definition) is 3. The molecule has 0 saturated carbocycles. The zero-order valence-corrected chi connectivity index (χ0v) is 14.6. The number of nitrogens with zero attached hydrogens (tertiary/aromatic N) is 2. The van der Waals surface area contributed by atoms with Crippen LogP contribution >= 0.6 is 23.2 Å². The van der Waals surface area contributed by atoms with Crippen molar-refractivity contribution in [2.24, 2.45) is 0 Å². The quantitative estimate of drug-likeness (QED) is 0.675. The molecule has 0 saturated heterocycles. The van der Waals surface area contributed by atoms with Gasteiger partial charge in [0.05, 0.1) is 15.7 Å². The van der Waals surface area contributed by atoms with Crippen molar-refractivity contribution in [3.63, 3.8) is 0 Å². The van der Waals surface area contributed by atoms with E-state index in [0.717, 1.165) is 18.2 Å². The summed E-state index contributed by atoms with van der Waals surface area (Å²) in [7, 11) is 0. The van der Waals surface area contributed by atoms with Gasteiger partial charge in [0, 0.05) is 12.3 Å². The summed E-state index contributed by atoms with van der Waals surface area (Å²) >= 11 is 12.0. The van der Waals surface area contributed by atoms with Crippen LogP contribution in [0.15, 0.2) is 48.7 Å². The van der Waals surface area contributed by atoms with Gasteiger partial charge >= 0.3 is 0 Å². The number of halogens is 4. The molecule has 0 atom stereocenters. The fourth-order valence-corrected chi connectivity index (χ4v) is 2.59. The molecule has 134 valence electrons. The smallest absolute Gasteiger partial charge is 0.276 e. The first kappa shape index (κ1) is 18.2. The topological polar surface area (TPSA) is 56.2 Å². The third kappa shape index (κ3) is 4.12. The second kappa shape index (κ2) is 7.72. The third-order valence-electron chi connectivity index (χ3n) is 3.31. The van der Waals surface area contributed by atoms with Gasteiger partial charge in [-0.05, 0) is 30.3 Å². The Hall–Kier alpha value is -2.64. The molecule has 0 aliphatic carbocycles. The van der Waals surface area contributed by atoms with Gasteiger partial charge < -0.3 is 10.1 Å². The van der Waals surface area contributed by atoms with Crippen molar-refractivity contribution < 1.29 is 18.3 Å². The predicted molar refractivity (Wildman–Crippen MR) is 93.6 cm³/mol. The summed E-state index contributed by atoms with van der Waals surface area (Å²) in [6.07, 6.45) is 1.49. The largest absolute Gasteiger partial charge is 0.468 e. The number of carbonyl (C=O) groups is 1. The predicted octanol–water partition coefficient (Wildman–Crippen LogP) is 4.76. The molecule has 0 bridgehead atoms. The first-order chi connectivity index (χ1) is 12.4. The summed E-state index contributed by atoms with van der Waals surface area (Å²) in [6.45, 7) is -0.0505. The van der Waals surface area contributed by atoms with Gasteiger partial charge in [0.2, 0.25) is 0 Å². The van der Waals surface area contributed by atoms with Crippen LogP contribution in [0, 0.1) is 11.6 Å². The highest BCUT2D eigenvalue weighted by Gasteiger charge is 2.14. The number of anilines is 1. The van der Waals surface area contributed by atoms with E-state index in [2.05, 4.69) is 10.4 Å². The van der Waals surface area contributed by atoms with Crippen LogP contribution in [-0.4, -0.2) is 15.7 Å². The van der Waals surface area contributed by atoms with Gasteiger partial charge in [-0.2, -0.15) is 5.10 Å². The first-order valence-corrected chi connectivity index (χ1v) is 8.06. The molecule has 26 heavy (non-hydrogen) atoms. The van der Waals surface area contributed by atoms with Crippen LogP contribution in [0.3, 0.4) is 0 Å². The van der Waals surface area contributed by atoms with Gasteiger partial charge in [0.25, 0.3) is 5.91 Å². The Morgan fingerprint density at radius 1 is 1.15 bits per heavy atom. The Bertz CT molecular complexity index is 943. The molecule has 1 amide bonds. The molecule has 0 spiro atoms. The number of aromatic nitrogens is 2. The Labute approximate surface area is 157 Å². The monoisotopic (exact) mass is 397 g/mol. The maximum atomic E-state index is 13.6. The maximum absolute atomic E-state index is 13.6. The van der Waals surface area contributed by atoms with E-state index < -0.39 is 17.5 Å². The van der Waals surface area contributed by atoms with Crippen LogP contribution in [0.4, 0.5) is 14.5 Å². The van der Waals surface area contributed by atoms with Crippen molar-refractivity contribution in [1.82, 2.24) is 9.78 Å². The van der Waals surface area contributed by atoms with Gasteiger partial charge in [-0.1, -0.05) is 29.3 Å². The highest BCUT2D eigenvalue weighted by atomic mass is 35.5. The molecule has 2 aromatic carbocycles. The second-order valence-corrected chi connectivity index (χ2v) is 5.96. The van der Waals surface area contributed by atoms with Gasteiger partial charge in [-0.3, -0.25) is 4.79 Å². The summed E-state index contributed by atoms with van der Waals surface area (Å²) in [5, 5.41) is 6.94. The van der Waals surface area contributed by atoms with E-state index in [9.17, 15) is 13.6 Å². The van der Waals surface area contributed by atoms with Crippen molar-refractivity contribution in [2.45, 2.75) is 6.73 Å². The summed E-state index contributed by atoms with van der Waals surface area (Å²) in [6, 6.07) is 9.09. The molecule has 1 aromatic heterocycles. The Kier molecular flexibility index (Phi) is 5.39. The van der Waals surface area contributed by atoms with E-state index in [1.165, 1.54) is 16.9 Å². The number of ether oxygens (including phenoxy) is 1. The summed E-state index contributed by atoms with van der Waals surface area (Å²) in [5.74, 6) is -1.82. The lowest BCUT2D eigenvalue weighted by atomic mass is 10.3. The summed E-state index contributed by atoms with van der Waals surface area (Å²) < 4.78 is 33.6. The average molecular weight is 398 g/mol. The van der Waals surface area contributed by atoms with Crippen molar-refractivity contribution >= 4 is 34.8 Å². The Morgan fingerprint density at radius 2 is 1.88 bits per heavy atom. The number of carbonyl (C=O) groups excluding carboxylic acids is 1. The highest BCUT2D eigenvalue weighted by molar-refractivity contribution is 6.37. The molecule has 0 aliphatic heterocycles. The molecule has 0 unspecified atom stereocenters. The van der Waals surface area contributed by atoms with Crippen LogP contribution in [0.25, 0.3) is 0 Å². The van der Waals surface area contributed by atoms with Crippen molar-refractivity contribution in [3.8, 4) is 5.75 Å². The number of rotatable bonds is 5. The highest BCUT2D eigenvalue weighted by Crippen LogP contribution is 2.32. The number of nitrogens with one attached hydrogen (secondary N) is 1. The van der Waals surface area contributed by atoms with Crippen LogP contribution < -0.4 is 10.1 Å². The first-order valence-electron chi connectivity index (χ1n) is 7.30. The average Bonchev–Trinajstić information content (AvgIpc) is 3.07. The van der Waals surface area contributed by atoms with Crippen molar-refractivity contribution in [3.05, 3.63) is 76.0 Å². The van der Waals surface area contributed by atoms with Crippen LogP contribution in [-0.2, 0) is 6.73 Å². The number of amides is 1. The summed E-state index contributed by atoms with van der Waals surface area (Å²) in [5.41, 5.74) is -0.272. The molecule has 3 rings (SSSR count). The van der Waals surface area contributed by atoms with Gasteiger partial charge in [-0.15, -0.1) is 0 Å². The van der Waals surface area contributed by atoms with E-state index in [0.29, 0.717) is 15.8 Å². The fourth-order valence-electron chi connectivity index (χ4n) is 2.09. The molecule has 0 fully saturated rings. The van der Waals surface area contributed by atoms with Gasteiger partial charge in [-0.25, -0.2) is 13.5 Å². The minimum Gasteiger partial charge on any atom is -0.468 e. The maximum Gasteiger partial charge on any atom is 0.276 e. The lowest BCUT2D eigenvalue weighted by molar-refractivity contribution is 0.101. The molecule has 0 aliphatic rings. The molecule has 9 heteroatoms. The number of hydrogen-bond donors (Lipinski definition) is 1. The van der Waals surface area contributed by atoms with Crippen LogP contribution in [0.2, 0.25) is 10.0 Å². The minimum atomic E-state index is -0.754. The van der Waals surface area contributed by atoms with E-state index in [-0.39, 0.29) is 18.1 Å².